The van der Waals surface area contributed by atoms with Gasteiger partial charge in [-0.05, 0) is 44.5 Å². The number of hydrogen-bond acceptors (Lipinski definition) is 4. The van der Waals surface area contributed by atoms with Gasteiger partial charge in [0.1, 0.15) is 0 Å². The number of methoxy groups -OCH3 is 1. The van der Waals surface area contributed by atoms with E-state index in [1.54, 1.807) is 13.2 Å². The Morgan fingerprint density at radius 2 is 2.33 bits per heavy atom. The summed E-state index contributed by atoms with van der Waals surface area (Å²) in [5.74, 6) is 0.777. The maximum Gasteiger partial charge on any atom is 0.161 e. The predicted molar refractivity (Wildman–Crippen MR) is 85.9 cm³/mol. The Morgan fingerprint density at radius 1 is 1.52 bits per heavy atom. The van der Waals surface area contributed by atoms with Gasteiger partial charge in [-0.15, -0.1) is 6.58 Å². The molecule has 1 unspecified atom stereocenters. The van der Waals surface area contributed by atoms with Crippen molar-refractivity contribution in [1.82, 2.24) is 10.2 Å². The molecule has 4 nitrogen and oxygen atoms in total. The minimum Gasteiger partial charge on any atom is -0.504 e. The fourth-order valence-electron chi connectivity index (χ4n) is 2.98. The molecule has 1 aromatic carbocycles. The van der Waals surface area contributed by atoms with Crippen molar-refractivity contribution in [2.75, 3.05) is 27.2 Å². The quantitative estimate of drug-likeness (QED) is 0.789. The number of piperidine rings is 1. The first-order chi connectivity index (χ1) is 10.2. The summed E-state index contributed by atoms with van der Waals surface area (Å²) in [5, 5.41) is 13.5. The molecule has 2 rings (SSSR count). The zero-order chi connectivity index (χ0) is 15.2. The molecule has 4 heteroatoms. The number of ether oxygens (including phenoxy) is 1. The van der Waals surface area contributed by atoms with Gasteiger partial charge in [-0.1, -0.05) is 12.1 Å². The molecule has 1 atom stereocenters. The summed E-state index contributed by atoms with van der Waals surface area (Å²) in [4.78, 5) is 2.45. The maximum atomic E-state index is 10.1. The van der Waals surface area contributed by atoms with Crippen LogP contribution in [0.15, 0.2) is 24.8 Å². The molecule has 1 aliphatic rings. The molecule has 0 aliphatic carbocycles. The van der Waals surface area contributed by atoms with Gasteiger partial charge in [0.25, 0.3) is 0 Å². The monoisotopic (exact) mass is 290 g/mol. The SMILES string of the molecule is C=CCc1cc(CN2CCCC(NC)C2)cc(OC)c1O. The van der Waals surface area contributed by atoms with Crippen LogP contribution in [0.25, 0.3) is 0 Å². The molecule has 2 N–H and O–H groups in total. The number of phenolic OH excluding ortho intramolecular Hbond substituents is 1. The summed E-state index contributed by atoms with van der Waals surface area (Å²) in [6.45, 7) is 6.83. The molecule has 1 aliphatic heterocycles. The van der Waals surface area contributed by atoms with Crippen LogP contribution < -0.4 is 10.1 Å². The number of rotatable bonds is 6. The minimum atomic E-state index is 0.230. The Balaban J connectivity index is 2.15. The van der Waals surface area contributed by atoms with Crippen molar-refractivity contribution in [1.29, 1.82) is 0 Å². The molecule has 1 heterocycles. The van der Waals surface area contributed by atoms with E-state index >= 15 is 0 Å². The van der Waals surface area contributed by atoms with E-state index in [9.17, 15) is 5.11 Å². The van der Waals surface area contributed by atoms with E-state index < -0.39 is 0 Å². The molecule has 1 aromatic rings. The molecular formula is C17H26N2O2. The highest BCUT2D eigenvalue weighted by molar-refractivity contribution is 5.49. The largest absolute Gasteiger partial charge is 0.504 e. The van der Waals surface area contributed by atoms with Crippen molar-refractivity contribution < 1.29 is 9.84 Å². The second-order valence-electron chi connectivity index (χ2n) is 5.66. The number of likely N-dealkylation sites (tertiary alicyclic amines) is 1. The van der Waals surface area contributed by atoms with E-state index in [2.05, 4.69) is 22.9 Å². The number of nitrogens with one attached hydrogen (secondary N) is 1. The van der Waals surface area contributed by atoms with Crippen molar-refractivity contribution in [3.63, 3.8) is 0 Å². The van der Waals surface area contributed by atoms with Crippen LogP contribution in [0.1, 0.15) is 24.0 Å². The van der Waals surface area contributed by atoms with Gasteiger partial charge >= 0.3 is 0 Å². The average Bonchev–Trinajstić information content (AvgIpc) is 2.50. The molecule has 1 saturated heterocycles. The van der Waals surface area contributed by atoms with Crippen LogP contribution in [-0.4, -0.2) is 43.3 Å². The Kier molecular flexibility index (Phi) is 5.65. The van der Waals surface area contributed by atoms with E-state index in [-0.39, 0.29) is 5.75 Å². The number of benzene rings is 1. The lowest BCUT2D eigenvalue weighted by Gasteiger charge is -2.32. The number of hydrogen-bond donors (Lipinski definition) is 2. The number of phenols is 1. The highest BCUT2D eigenvalue weighted by atomic mass is 16.5. The number of nitrogens with zero attached hydrogens (tertiary/aromatic N) is 1. The van der Waals surface area contributed by atoms with Gasteiger partial charge in [-0.25, -0.2) is 0 Å². The lowest BCUT2D eigenvalue weighted by molar-refractivity contribution is 0.187. The highest BCUT2D eigenvalue weighted by Crippen LogP contribution is 2.32. The normalized spacial score (nSPS) is 19.4. The number of allylic oxidation sites excluding steroid dienone is 1. The second-order valence-corrected chi connectivity index (χ2v) is 5.66. The predicted octanol–water partition coefficient (Wildman–Crippen LogP) is 2.31. The van der Waals surface area contributed by atoms with Gasteiger partial charge in [0.15, 0.2) is 11.5 Å². The molecule has 0 radical (unpaired) electrons. The van der Waals surface area contributed by atoms with Crippen LogP contribution in [0.5, 0.6) is 11.5 Å². The fraction of sp³-hybridized carbons (Fsp3) is 0.529. The van der Waals surface area contributed by atoms with E-state index in [0.717, 1.165) is 25.2 Å². The van der Waals surface area contributed by atoms with Gasteiger partial charge in [-0.3, -0.25) is 4.90 Å². The molecule has 21 heavy (non-hydrogen) atoms. The second kappa shape index (κ2) is 7.48. The summed E-state index contributed by atoms with van der Waals surface area (Å²) in [6.07, 6.45) is 4.92. The van der Waals surface area contributed by atoms with E-state index in [0.29, 0.717) is 18.2 Å². The molecule has 0 amide bonds. The first kappa shape index (κ1) is 15.9. The van der Waals surface area contributed by atoms with Crippen LogP contribution in [0, 0.1) is 0 Å². The Morgan fingerprint density at radius 3 is 3.00 bits per heavy atom. The summed E-state index contributed by atoms with van der Waals surface area (Å²) in [7, 11) is 3.62. The summed E-state index contributed by atoms with van der Waals surface area (Å²) in [5.41, 5.74) is 2.06. The van der Waals surface area contributed by atoms with Gasteiger partial charge in [0.2, 0.25) is 0 Å². The van der Waals surface area contributed by atoms with E-state index in [1.165, 1.54) is 18.4 Å². The molecule has 0 spiro atoms. The third kappa shape index (κ3) is 3.99. The van der Waals surface area contributed by atoms with E-state index in [4.69, 9.17) is 4.74 Å². The fourth-order valence-corrected chi connectivity index (χ4v) is 2.98. The molecule has 116 valence electrons. The topological polar surface area (TPSA) is 44.7 Å². The lowest BCUT2D eigenvalue weighted by Crippen LogP contribution is -2.43. The third-order valence-electron chi connectivity index (χ3n) is 4.12. The van der Waals surface area contributed by atoms with Crippen molar-refractivity contribution in [2.24, 2.45) is 0 Å². The van der Waals surface area contributed by atoms with Crippen LogP contribution in [-0.2, 0) is 13.0 Å². The molecule has 0 aromatic heterocycles. The van der Waals surface area contributed by atoms with Crippen molar-refractivity contribution in [3.05, 3.63) is 35.9 Å². The maximum absolute atomic E-state index is 10.1. The van der Waals surface area contributed by atoms with Crippen LogP contribution in [0.4, 0.5) is 0 Å². The Hall–Kier alpha value is -1.52. The molecular weight excluding hydrogens is 264 g/mol. The van der Waals surface area contributed by atoms with Gasteiger partial charge in [-0.2, -0.15) is 0 Å². The third-order valence-corrected chi connectivity index (χ3v) is 4.12. The number of aromatic hydroxyl groups is 1. The van der Waals surface area contributed by atoms with Gasteiger partial charge in [0.05, 0.1) is 7.11 Å². The molecule has 1 fully saturated rings. The van der Waals surface area contributed by atoms with Crippen LogP contribution in [0.2, 0.25) is 0 Å². The molecule has 0 saturated carbocycles. The van der Waals surface area contributed by atoms with Crippen molar-refractivity contribution in [3.8, 4) is 11.5 Å². The Labute approximate surface area is 127 Å². The first-order valence-corrected chi connectivity index (χ1v) is 7.57. The van der Waals surface area contributed by atoms with Crippen LogP contribution in [0.3, 0.4) is 0 Å². The summed E-state index contributed by atoms with van der Waals surface area (Å²) in [6, 6.07) is 4.57. The van der Waals surface area contributed by atoms with Gasteiger partial charge < -0.3 is 15.2 Å². The number of likely N-dealkylation sites (N-methyl/N-ethyl adjacent to an activating group) is 1. The zero-order valence-corrected chi connectivity index (χ0v) is 13.1. The average molecular weight is 290 g/mol. The van der Waals surface area contributed by atoms with E-state index in [1.807, 2.05) is 13.1 Å². The van der Waals surface area contributed by atoms with Crippen LogP contribution >= 0.6 is 0 Å². The molecule has 0 bridgehead atoms. The highest BCUT2D eigenvalue weighted by Gasteiger charge is 2.19. The first-order valence-electron chi connectivity index (χ1n) is 7.57. The van der Waals surface area contributed by atoms with Crippen molar-refractivity contribution in [2.45, 2.75) is 31.8 Å². The summed E-state index contributed by atoms with van der Waals surface area (Å²) < 4.78 is 5.29. The zero-order valence-electron chi connectivity index (χ0n) is 13.1. The van der Waals surface area contributed by atoms with Gasteiger partial charge in [0, 0.05) is 24.7 Å². The standard InChI is InChI=1S/C17H26N2O2/c1-4-6-14-9-13(10-16(21-3)17(14)20)11-19-8-5-7-15(12-19)18-2/h4,9-10,15,18,20H,1,5-8,11-12H2,2-3H3. The minimum absolute atomic E-state index is 0.230. The summed E-state index contributed by atoms with van der Waals surface area (Å²) >= 11 is 0. The van der Waals surface area contributed by atoms with Crippen molar-refractivity contribution >= 4 is 0 Å². The lowest BCUT2D eigenvalue weighted by atomic mass is 10.0. The Bertz CT molecular complexity index is 488. The smallest absolute Gasteiger partial charge is 0.161 e.